The van der Waals surface area contributed by atoms with Gasteiger partial charge in [0.05, 0.1) is 20.0 Å². The van der Waals surface area contributed by atoms with Crippen LogP contribution in [-0.4, -0.2) is 43.9 Å². The van der Waals surface area contributed by atoms with Gasteiger partial charge in [-0.2, -0.15) is 0 Å². The summed E-state index contributed by atoms with van der Waals surface area (Å²) in [6.07, 6.45) is 1.37. The minimum Gasteiger partial charge on any atom is -0.493 e. The number of pyridine rings is 1. The van der Waals surface area contributed by atoms with Gasteiger partial charge in [0.25, 0.3) is 0 Å². The first-order valence-electron chi connectivity index (χ1n) is 5.33. The molecule has 1 rings (SSSR count). The molecule has 0 aliphatic heterocycles. The third-order valence-electron chi connectivity index (χ3n) is 2.59. The Morgan fingerprint density at radius 1 is 1.42 bits per heavy atom. The van der Waals surface area contributed by atoms with Crippen molar-refractivity contribution in [3.8, 4) is 11.5 Å². The number of rotatable bonds is 6. The van der Waals surface area contributed by atoms with Crippen LogP contribution in [0.5, 0.6) is 11.5 Å². The topological polar surface area (TPSA) is 103 Å². The van der Waals surface area contributed by atoms with Crippen LogP contribution in [0.3, 0.4) is 0 Å². The fourth-order valence-corrected chi connectivity index (χ4v) is 2.57. The summed E-state index contributed by atoms with van der Waals surface area (Å²) in [5.74, 6) is -1.40. The minimum absolute atomic E-state index is 0.120. The molecule has 1 aromatic rings. The highest BCUT2D eigenvalue weighted by Crippen LogP contribution is 2.30. The summed E-state index contributed by atoms with van der Waals surface area (Å²) < 4.78 is 33.9. The smallest absolute Gasteiger partial charge is 0.321 e. The summed E-state index contributed by atoms with van der Waals surface area (Å²) in [6, 6.07) is 1.52. The van der Waals surface area contributed by atoms with E-state index in [0.717, 1.165) is 6.92 Å². The van der Waals surface area contributed by atoms with Crippen molar-refractivity contribution >= 4 is 15.8 Å². The molecule has 0 fully saturated rings. The second-order valence-electron chi connectivity index (χ2n) is 3.78. The zero-order chi connectivity index (χ0) is 14.6. The molecule has 1 N–H and O–H groups in total. The van der Waals surface area contributed by atoms with E-state index < -0.39 is 26.8 Å². The highest BCUT2D eigenvalue weighted by Gasteiger charge is 2.30. The lowest BCUT2D eigenvalue weighted by atomic mass is 10.3. The number of carboxylic acid groups (broad SMARTS) is 1. The number of carbonyl (C=O) groups is 1. The number of sulfone groups is 1. The molecule has 0 aliphatic rings. The van der Waals surface area contributed by atoms with Gasteiger partial charge in [-0.1, -0.05) is 0 Å². The summed E-state index contributed by atoms with van der Waals surface area (Å²) in [5.41, 5.74) is 0.120. The van der Waals surface area contributed by atoms with Gasteiger partial charge < -0.3 is 14.6 Å². The third-order valence-corrected chi connectivity index (χ3v) is 4.55. The van der Waals surface area contributed by atoms with Gasteiger partial charge in [-0.25, -0.2) is 8.42 Å². The lowest BCUT2D eigenvalue weighted by Gasteiger charge is -2.13. The molecule has 0 spiro atoms. The summed E-state index contributed by atoms with van der Waals surface area (Å²) in [6.45, 7) is 1.12. The molecule has 0 aromatic carbocycles. The standard InChI is InChI=1S/C11H15NO6S/c1-7(11(13)14)19(15,16)6-8-10(18-3)9(17-2)4-5-12-8/h4-5,7H,6H2,1-3H3,(H,13,14). The van der Waals surface area contributed by atoms with Gasteiger partial charge in [0.15, 0.2) is 26.6 Å². The maximum Gasteiger partial charge on any atom is 0.321 e. The summed E-state index contributed by atoms with van der Waals surface area (Å²) in [5, 5.41) is 7.26. The number of hydrogen-bond donors (Lipinski definition) is 1. The monoisotopic (exact) mass is 289 g/mol. The van der Waals surface area contributed by atoms with Crippen molar-refractivity contribution in [2.45, 2.75) is 17.9 Å². The Labute approximate surface area is 111 Å². The van der Waals surface area contributed by atoms with Crippen molar-refractivity contribution in [2.75, 3.05) is 14.2 Å². The van der Waals surface area contributed by atoms with Crippen molar-refractivity contribution in [3.05, 3.63) is 18.0 Å². The molecule has 1 heterocycles. The van der Waals surface area contributed by atoms with E-state index in [2.05, 4.69) is 4.98 Å². The first-order chi connectivity index (χ1) is 8.83. The molecule has 0 radical (unpaired) electrons. The lowest BCUT2D eigenvalue weighted by molar-refractivity contribution is -0.136. The van der Waals surface area contributed by atoms with Crippen LogP contribution in [0.2, 0.25) is 0 Å². The second kappa shape index (κ2) is 5.87. The first kappa shape index (κ1) is 15.2. The van der Waals surface area contributed by atoms with Crippen LogP contribution < -0.4 is 9.47 Å². The number of methoxy groups -OCH3 is 2. The Kier molecular flexibility index (Phi) is 4.71. The van der Waals surface area contributed by atoms with Crippen LogP contribution in [0, 0.1) is 0 Å². The molecule has 7 nitrogen and oxygen atoms in total. The number of aliphatic carboxylic acids is 1. The molecule has 0 amide bonds. The van der Waals surface area contributed by atoms with E-state index in [1.54, 1.807) is 0 Å². The summed E-state index contributed by atoms with van der Waals surface area (Å²) in [4.78, 5) is 14.7. The normalized spacial score (nSPS) is 12.8. The van der Waals surface area contributed by atoms with Crippen molar-refractivity contribution in [2.24, 2.45) is 0 Å². The number of ether oxygens (including phenoxy) is 2. The molecule has 1 atom stereocenters. The first-order valence-corrected chi connectivity index (χ1v) is 7.05. The quantitative estimate of drug-likeness (QED) is 0.812. The van der Waals surface area contributed by atoms with Crippen LogP contribution >= 0.6 is 0 Å². The van der Waals surface area contributed by atoms with E-state index in [4.69, 9.17) is 14.6 Å². The predicted molar refractivity (Wildman–Crippen MR) is 67.1 cm³/mol. The molecule has 106 valence electrons. The SMILES string of the molecule is COc1ccnc(CS(=O)(=O)C(C)C(=O)O)c1OC. The summed E-state index contributed by atoms with van der Waals surface area (Å²) in [7, 11) is -1.10. The van der Waals surface area contributed by atoms with Gasteiger partial charge in [0, 0.05) is 12.3 Å². The third kappa shape index (κ3) is 3.34. The molecule has 0 saturated carbocycles. The van der Waals surface area contributed by atoms with Crippen molar-refractivity contribution in [3.63, 3.8) is 0 Å². The number of nitrogens with zero attached hydrogens (tertiary/aromatic N) is 1. The number of aromatic nitrogens is 1. The molecule has 8 heteroatoms. The predicted octanol–water partition coefficient (Wildman–Crippen LogP) is 0.487. The van der Waals surface area contributed by atoms with Gasteiger partial charge >= 0.3 is 5.97 Å². The van der Waals surface area contributed by atoms with E-state index in [0.29, 0.717) is 5.75 Å². The fraction of sp³-hybridized carbons (Fsp3) is 0.455. The van der Waals surface area contributed by atoms with Gasteiger partial charge in [-0.15, -0.1) is 0 Å². The van der Waals surface area contributed by atoms with Gasteiger partial charge in [-0.3, -0.25) is 9.78 Å². The van der Waals surface area contributed by atoms with E-state index in [-0.39, 0.29) is 11.4 Å². The highest BCUT2D eigenvalue weighted by atomic mass is 32.2. The molecule has 0 aliphatic carbocycles. The molecule has 19 heavy (non-hydrogen) atoms. The van der Waals surface area contributed by atoms with Crippen molar-refractivity contribution in [1.29, 1.82) is 0 Å². The Morgan fingerprint density at radius 2 is 2.05 bits per heavy atom. The average Bonchev–Trinajstić information content (AvgIpc) is 2.36. The van der Waals surface area contributed by atoms with Crippen molar-refractivity contribution < 1.29 is 27.8 Å². The molecule has 1 aromatic heterocycles. The maximum atomic E-state index is 11.9. The van der Waals surface area contributed by atoms with Crippen LogP contribution in [-0.2, 0) is 20.4 Å². The van der Waals surface area contributed by atoms with Gasteiger partial charge in [0.1, 0.15) is 5.69 Å². The second-order valence-corrected chi connectivity index (χ2v) is 6.10. The van der Waals surface area contributed by atoms with E-state index >= 15 is 0 Å². The summed E-state index contributed by atoms with van der Waals surface area (Å²) >= 11 is 0. The Hall–Kier alpha value is -1.83. The van der Waals surface area contributed by atoms with Crippen molar-refractivity contribution in [1.82, 2.24) is 4.98 Å². The van der Waals surface area contributed by atoms with Crippen LogP contribution in [0.15, 0.2) is 12.3 Å². The largest absolute Gasteiger partial charge is 0.493 e. The van der Waals surface area contributed by atoms with Crippen LogP contribution in [0.25, 0.3) is 0 Å². The molecular formula is C11H15NO6S. The number of carboxylic acids is 1. The minimum atomic E-state index is -3.87. The Balaban J connectivity index is 3.16. The zero-order valence-corrected chi connectivity index (χ0v) is 11.6. The van der Waals surface area contributed by atoms with E-state index in [1.807, 2.05) is 0 Å². The molecule has 1 unspecified atom stereocenters. The average molecular weight is 289 g/mol. The van der Waals surface area contributed by atoms with Gasteiger partial charge in [-0.05, 0) is 6.92 Å². The molecule has 0 saturated heterocycles. The highest BCUT2D eigenvalue weighted by molar-refractivity contribution is 7.91. The molecule has 0 bridgehead atoms. The Bertz CT molecular complexity index is 569. The zero-order valence-electron chi connectivity index (χ0n) is 10.8. The fourth-order valence-electron chi connectivity index (χ4n) is 1.42. The lowest BCUT2D eigenvalue weighted by Crippen LogP contribution is -2.28. The van der Waals surface area contributed by atoms with E-state index in [9.17, 15) is 13.2 Å². The number of hydrogen-bond acceptors (Lipinski definition) is 6. The van der Waals surface area contributed by atoms with E-state index in [1.165, 1.54) is 26.5 Å². The Morgan fingerprint density at radius 3 is 2.53 bits per heavy atom. The van der Waals surface area contributed by atoms with Crippen LogP contribution in [0.1, 0.15) is 12.6 Å². The van der Waals surface area contributed by atoms with Gasteiger partial charge in [0.2, 0.25) is 0 Å². The molecular weight excluding hydrogens is 274 g/mol. The maximum absolute atomic E-state index is 11.9. The van der Waals surface area contributed by atoms with Crippen LogP contribution in [0.4, 0.5) is 0 Å².